The number of hydroxylamine groups is 1. The molecule has 0 aliphatic heterocycles. The zero-order chi connectivity index (χ0) is 23.7. The smallest absolute Gasteiger partial charge is 0.264 e. The summed E-state index contributed by atoms with van der Waals surface area (Å²) < 4.78 is 23.8. The SMILES string of the molecule is CN(C)c1ccc(-c2ccc3c(=O)n(CC[C@](C)(C(=O)NO)S(C)(=O)=O)ccc3c2)cn1. The molecule has 0 bridgehead atoms. The lowest BCUT2D eigenvalue weighted by Gasteiger charge is -2.25. The van der Waals surface area contributed by atoms with Crippen LogP contribution in [-0.2, 0) is 21.2 Å². The average molecular weight is 459 g/mol. The molecule has 0 aliphatic rings. The maximum absolute atomic E-state index is 12.9. The molecule has 10 heteroatoms. The molecule has 2 heterocycles. The summed E-state index contributed by atoms with van der Waals surface area (Å²) >= 11 is 0. The van der Waals surface area contributed by atoms with Gasteiger partial charge in [0.25, 0.3) is 11.5 Å². The number of pyridine rings is 2. The van der Waals surface area contributed by atoms with Crippen LogP contribution in [0.2, 0.25) is 0 Å². The van der Waals surface area contributed by atoms with Crippen molar-refractivity contribution in [3.05, 3.63) is 59.1 Å². The Kier molecular flexibility index (Phi) is 6.38. The number of hydrogen-bond acceptors (Lipinski definition) is 7. The van der Waals surface area contributed by atoms with E-state index in [4.69, 9.17) is 5.21 Å². The molecule has 3 aromatic rings. The van der Waals surface area contributed by atoms with Gasteiger partial charge in [-0.15, -0.1) is 0 Å². The Bertz CT molecular complexity index is 1320. The van der Waals surface area contributed by atoms with E-state index in [-0.39, 0.29) is 18.5 Å². The molecule has 0 radical (unpaired) electrons. The maximum Gasteiger partial charge on any atom is 0.264 e. The van der Waals surface area contributed by atoms with Gasteiger partial charge in [-0.05, 0) is 54.6 Å². The summed E-state index contributed by atoms with van der Waals surface area (Å²) in [6, 6.07) is 11.1. The van der Waals surface area contributed by atoms with Crippen LogP contribution in [0.1, 0.15) is 13.3 Å². The van der Waals surface area contributed by atoms with E-state index < -0.39 is 20.5 Å². The number of nitrogens with zero attached hydrogens (tertiary/aromatic N) is 3. The van der Waals surface area contributed by atoms with Gasteiger partial charge in [0.15, 0.2) is 14.6 Å². The number of benzene rings is 1. The van der Waals surface area contributed by atoms with Crippen LogP contribution in [0, 0.1) is 0 Å². The van der Waals surface area contributed by atoms with Crippen molar-refractivity contribution < 1.29 is 18.4 Å². The number of sulfone groups is 1. The van der Waals surface area contributed by atoms with E-state index in [0.29, 0.717) is 5.39 Å². The summed E-state index contributed by atoms with van der Waals surface area (Å²) in [6.45, 7) is 1.21. The highest BCUT2D eigenvalue weighted by atomic mass is 32.2. The van der Waals surface area contributed by atoms with Gasteiger partial charge in [0.1, 0.15) is 5.82 Å². The Balaban J connectivity index is 1.92. The number of anilines is 1. The average Bonchev–Trinajstić information content (AvgIpc) is 2.76. The van der Waals surface area contributed by atoms with E-state index in [9.17, 15) is 18.0 Å². The van der Waals surface area contributed by atoms with Crippen molar-refractivity contribution in [2.45, 2.75) is 24.6 Å². The molecule has 0 fully saturated rings. The standard InChI is InChI=1S/C22H26N4O5S/c1-22(21(28)24-29,32(4,30)31)10-12-26-11-9-16-13-15(5-7-18(16)20(26)27)17-6-8-19(23-14-17)25(2)3/h5-9,11,13-14,29H,10,12H2,1-4H3,(H,24,28)/t22-/m1/s1. The Morgan fingerprint density at radius 3 is 2.44 bits per heavy atom. The van der Waals surface area contributed by atoms with E-state index >= 15 is 0 Å². The lowest BCUT2D eigenvalue weighted by molar-refractivity contribution is -0.131. The molecule has 170 valence electrons. The number of aromatic nitrogens is 2. The highest BCUT2D eigenvalue weighted by Crippen LogP contribution is 2.25. The number of hydrogen-bond donors (Lipinski definition) is 2. The normalized spacial score (nSPS) is 13.5. The van der Waals surface area contributed by atoms with Gasteiger partial charge in [0, 0.05) is 50.2 Å². The number of carbonyl (C=O) groups is 1. The summed E-state index contributed by atoms with van der Waals surface area (Å²) in [5.74, 6) is -0.194. The molecule has 32 heavy (non-hydrogen) atoms. The second kappa shape index (κ2) is 8.71. The monoisotopic (exact) mass is 458 g/mol. The topological polar surface area (TPSA) is 122 Å². The third-order valence-corrected chi connectivity index (χ3v) is 7.77. The van der Waals surface area contributed by atoms with Crippen molar-refractivity contribution in [3.63, 3.8) is 0 Å². The highest BCUT2D eigenvalue weighted by molar-refractivity contribution is 7.92. The van der Waals surface area contributed by atoms with Crippen molar-refractivity contribution in [1.82, 2.24) is 15.0 Å². The van der Waals surface area contributed by atoms with E-state index in [1.54, 1.807) is 24.5 Å². The van der Waals surface area contributed by atoms with Crippen molar-refractivity contribution in [2.24, 2.45) is 0 Å². The van der Waals surface area contributed by atoms with Gasteiger partial charge in [-0.3, -0.25) is 14.8 Å². The van der Waals surface area contributed by atoms with E-state index in [1.165, 1.54) is 17.0 Å². The molecule has 0 unspecified atom stereocenters. The fourth-order valence-corrected chi connectivity index (χ4v) is 4.23. The lowest BCUT2D eigenvalue weighted by Crippen LogP contribution is -2.49. The molecule has 2 N–H and O–H groups in total. The molecule has 1 atom stereocenters. The number of nitrogens with one attached hydrogen (secondary N) is 1. The van der Waals surface area contributed by atoms with Gasteiger partial charge in [-0.1, -0.05) is 6.07 Å². The Morgan fingerprint density at radius 2 is 1.88 bits per heavy atom. The van der Waals surface area contributed by atoms with E-state index in [1.807, 2.05) is 43.3 Å². The van der Waals surface area contributed by atoms with Crippen LogP contribution in [0.3, 0.4) is 0 Å². The Hall–Kier alpha value is -3.24. The summed E-state index contributed by atoms with van der Waals surface area (Å²) in [4.78, 5) is 31.3. The molecule has 2 aromatic heterocycles. The van der Waals surface area contributed by atoms with Gasteiger partial charge in [-0.2, -0.15) is 0 Å². The number of rotatable bonds is 7. The zero-order valence-electron chi connectivity index (χ0n) is 18.4. The summed E-state index contributed by atoms with van der Waals surface area (Å²) in [7, 11) is -0.0135. The van der Waals surface area contributed by atoms with Gasteiger partial charge >= 0.3 is 0 Å². The quantitative estimate of drug-likeness (QED) is 0.409. The molecular weight excluding hydrogens is 432 g/mol. The van der Waals surface area contributed by atoms with Crippen LogP contribution in [0.5, 0.6) is 0 Å². The second-order valence-electron chi connectivity index (χ2n) is 8.11. The van der Waals surface area contributed by atoms with E-state index in [2.05, 4.69) is 4.98 Å². The van der Waals surface area contributed by atoms with Gasteiger partial charge in [0.05, 0.1) is 0 Å². The fourth-order valence-electron chi connectivity index (χ4n) is 3.38. The minimum atomic E-state index is -3.84. The second-order valence-corrected chi connectivity index (χ2v) is 10.6. The Morgan fingerprint density at radius 1 is 1.19 bits per heavy atom. The molecule has 1 aromatic carbocycles. The summed E-state index contributed by atoms with van der Waals surface area (Å²) in [5.41, 5.74) is 2.95. The van der Waals surface area contributed by atoms with Crippen LogP contribution in [0.25, 0.3) is 21.9 Å². The third kappa shape index (κ3) is 4.37. The first-order valence-corrected chi connectivity index (χ1v) is 11.8. The summed E-state index contributed by atoms with van der Waals surface area (Å²) in [5, 5.41) is 10.2. The van der Waals surface area contributed by atoms with E-state index in [0.717, 1.165) is 28.6 Å². The fraction of sp³-hybridized carbons (Fsp3) is 0.318. The molecule has 3 rings (SSSR count). The first-order chi connectivity index (χ1) is 15.0. The minimum Gasteiger partial charge on any atom is -0.363 e. The Labute approximate surface area is 186 Å². The highest BCUT2D eigenvalue weighted by Gasteiger charge is 2.43. The maximum atomic E-state index is 12.9. The first-order valence-electron chi connectivity index (χ1n) is 9.89. The molecule has 0 saturated carbocycles. The van der Waals surface area contributed by atoms with Crippen LogP contribution in [0.15, 0.2) is 53.6 Å². The van der Waals surface area contributed by atoms with Gasteiger partial charge < -0.3 is 9.47 Å². The molecule has 1 amide bonds. The number of fused-ring (bicyclic) bond motifs is 1. The van der Waals surface area contributed by atoms with Crippen LogP contribution < -0.4 is 15.9 Å². The predicted molar refractivity (Wildman–Crippen MR) is 124 cm³/mol. The van der Waals surface area contributed by atoms with Gasteiger partial charge in [-0.25, -0.2) is 18.9 Å². The summed E-state index contributed by atoms with van der Waals surface area (Å²) in [6.07, 6.45) is 4.09. The largest absolute Gasteiger partial charge is 0.363 e. The van der Waals surface area contributed by atoms with Crippen LogP contribution in [0.4, 0.5) is 5.82 Å². The van der Waals surface area contributed by atoms with Gasteiger partial charge in [0.2, 0.25) is 0 Å². The van der Waals surface area contributed by atoms with Crippen molar-refractivity contribution in [1.29, 1.82) is 0 Å². The third-order valence-electron chi connectivity index (χ3n) is 5.75. The lowest BCUT2D eigenvalue weighted by atomic mass is 10.0. The molecule has 0 saturated heterocycles. The first kappa shape index (κ1) is 23.4. The number of carbonyl (C=O) groups excluding carboxylic acids is 1. The zero-order valence-corrected chi connectivity index (χ0v) is 19.2. The molecular formula is C22H26N4O5S. The van der Waals surface area contributed by atoms with Crippen molar-refractivity contribution >= 4 is 32.3 Å². The van der Waals surface area contributed by atoms with Crippen LogP contribution in [-0.4, -0.2) is 54.2 Å². The van der Waals surface area contributed by atoms with Crippen molar-refractivity contribution in [3.8, 4) is 11.1 Å². The molecule has 9 nitrogen and oxygen atoms in total. The molecule has 0 spiro atoms. The molecule has 0 aliphatic carbocycles. The number of aryl methyl sites for hydroxylation is 1. The minimum absolute atomic E-state index is 0.0105. The number of amides is 1. The predicted octanol–water partition coefficient (Wildman–Crippen LogP) is 1.83. The van der Waals surface area contributed by atoms with Crippen LogP contribution >= 0.6 is 0 Å². The van der Waals surface area contributed by atoms with Crippen molar-refractivity contribution in [2.75, 3.05) is 25.3 Å².